The fourth-order valence-corrected chi connectivity index (χ4v) is 11.5. The molecule has 0 N–H and O–H groups in total. The van der Waals surface area contributed by atoms with Gasteiger partial charge in [0.15, 0.2) is 0 Å². The van der Waals surface area contributed by atoms with E-state index in [9.17, 15) is 0 Å². The molecule has 0 spiro atoms. The third kappa shape index (κ3) is 29.6. The molecule has 1 aromatic carbocycles. The Bertz CT molecular complexity index is 1390. The highest BCUT2D eigenvalue weighted by molar-refractivity contribution is 8.25. The maximum atomic E-state index is 6.95. The van der Waals surface area contributed by atoms with Crippen LogP contribution in [0.3, 0.4) is 0 Å². The zero-order chi connectivity index (χ0) is 50.4. The van der Waals surface area contributed by atoms with Crippen LogP contribution < -0.4 is 5.46 Å². The monoisotopic (exact) mass is 946 g/mol. The highest BCUT2D eigenvalue weighted by Crippen LogP contribution is 2.43. The van der Waals surface area contributed by atoms with Crippen molar-refractivity contribution in [2.24, 2.45) is 0 Å². The summed E-state index contributed by atoms with van der Waals surface area (Å²) in [6.45, 7) is 4.39. The molecule has 1 aliphatic carbocycles. The lowest BCUT2D eigenvalue weighted by molar-refractivity contribution is 0.499. The normalized spacial score (nSPS) is 11.4. The molecule has 1 saturated carbocycles. The lowest BCUT2D eigenvalue weighted by atomic mass is 8.32. The van der Waals surface area contributed by atoms with Crippen LogP contribution >= 0.6 is 0 Å². The van der Waals surface area contributed by atoms with Crippen LogP contribution in [0.25, 0.3) is 0 Å². The summed E-state index contributed by atoms with van der Waals surface area (Å²) in [5.41, 5.74) is 1.91. The van der Waals surface area contributed by atoms with Gasteiger partial charge in [0.2, 0.25) is 0 Å². The second-order valence-electron chi connectivity index (χ2n) is 18.4. The van der Waals surface area contributed by atoms with Crippen LogP contribution in [0.2, 0.25) is 11.6 Å². The van der Waals surface area contributed by atoms with Crippen molar-refractivity contribution < 1.29 is 0 Å². The van der Waals surface area contributed by atoms with Gasteiger partial charge >= 0.3 is 0 Å². The van der Waals surface area contributed by atoms with E-state index in [0.29, 0.717) is 25.7 Å². The first-order valence-corrected chi connectivity index (χ1v) is 22.9. The maximum Gasteiger partial charge on any atom is 0.0900 e. The predicted octanol–water partition coefficient (Wildman–Crippen LogP) is -6.97. The third-order valence-electron chi connectivity index (χ3n) is 14.3. The Labute approximate surface area is 532 Å². The second kappa shape index (κ2) is 52.8. The van der Waals surface area contributed by atoms with Crippen LogP contribution in [-0.2, 0) is 0 Å². The molecule has 0 heterocycles. The van der Waals surface area contributed by atoms with E-state index >= 15 is 0 Å². The average Bonchev–Trinajstić information content (AvgIpc) is 3.22. The maximum absolute atomic E-state index is 6.95. The van der Waals surface area contributed by atoms with Gasteiger partial charge in [-0.2, -0.15) is 0 Å². The summed E-state index contributed by atoms with van der Waals surface area (Å²) in [6.07, 6.45) is -16.7. The Morgan fingerprint density at radius 3 is 0.922 bits per heavy atom. The molecule has 0 bridgehead atoms. The first-order chi connectivity index (χ1) is 30.3. The molecule has 0 aromatic heterocycles. The molecule has 0 atom stereocenters. The van der Waals surface area contributed by atoms with E-state index < -0.39 is 147 Å². The summed E-state index contributed by atoms with van der Waals surface area (Å²) >= 11 is 0. The number of hydrogen-bond acceptors (Lipinski definition) is 0. The third-order valence-corrected chi connectivity index (χ3v) is 14.3. The summed E-state index contributed by atoms with van der Waals surface area (Å²) in [5.74, 6) is -0.455. The minimum absolute atomic E-state index is 0. The second-order valence-corrected chi connectivity index (χ2v) is 18.4. The molecule has 50 heteroatoms. The molecule has 1 aromatic rings. The van der Waals surface area contributed by atoms with E-state index in [2.05, 4.69) is 0 Å². The molecule has 0 nitrogen and oxygen atoms in total. The molecular weight excluding hydrogens is 865 g/mol. The van der Waals surface area contributed by atoms with Gasteiger partial charge in [-0.3, -0.25) is 0 Å². The molecule has 51 radical (unpaired) electrons. The van der Waals surface area contributed by atoms with Crippen molar-refractivity contribution in [3.8, 4) is 0 Å². The van der Waals surface area contributed by atoms with Crippen molar-refractivity contribution in [3.05, 3.63) is 29.8 Å². The highest BCUT2D eigenvalue weighted by atomic mass is 14.2. The van der Waals surface area contributed by atoms with Gasteiger partial charge < -0.3 is 0 Å². The first-order valence-electron chi connectivity index (χ1n) is 22.9. The van der Waals surface area contributed by atoms with E-state index in [-0.39, 0.29) is 101 Å². The van der Waals surface area contributed by atoms with Crippen molar-refractivity contribution in [3.63, 3.8) is 0 Å². The highest BCUT2D eigenvalue weighted by Gasteiger charge is 2.57. The lowest BCUT2D eigenvalue weighted by Gasteiger charge is -2.54. The molecule has 329 valence electrons. The molecule has 0 saturated heterocycles. The zero-order valence-corrected chi connectivity index (χ0v) is 39.2. The summed E-state index contributed by atoms with van der Waals surface area (Å²) in [5, 5.41) is 0. The van der Waals surface area contributed by atoms with Gasteiger partial charge in [-0.1, -0.05) is 176 Å². The largest absolute Gasteiger partial charge is 0.0984 e. The lowest BCUT2D eigenvalue weighted by Crippen LogP contribution is -2.88. The van der Waals surface area contributed by atoms with E-state index in [1.54, 1.807) is 0 Å². The Morgan fingerprint density at radius 2 is 0.649 bits per heavy atom. The summed E-state index contributed by atoms with van der Waals surface area (Å²) in [4.78, 5) is 0. The van der Waals surface area contributed by atoms with Gasteiger partial charge in [-0.25, -0.2) is 0 Å². The SMILES string of the molecule is C.C.C.C.C.C.C.C.C.C.C.C.CC.[B][B]B([B])B(B(B([B])[B])B([B])[B])B(B(B([B])[B])B([B][B])B([B])[B])B(B(B([B])[B])B([B])B([B])[B])C1CCC(B(B(B([B])[B])B([B])[B][B])B(B(B([B])[B])B([B])[B])c2ccc(C)cc2)CC1. The number of aryl methyl sites for hydroxylation is 1. The minimum Gasteiger partial charge on any atom is -0.0984 e. The standard InChI is InChI=1S/C13H17B50.C2H6.12CH4/c1-10-2-4-11(5-3-10)41(57(46(21)22)47(23)24)42(58(48(25)26)53(35)38-14)12-6-8-13(9-7-12)43(59(49(27)28)55(37)44(17)18)60(62(52(33)34)56(40-16)45(19)20)63(54(36)39-15)61(50(29)30)51(31)32;1-2;;;;;;;;;;;;/h2-5,12-13H,6-9H2,1H3;1-2H3;12*1H4. The Kier molecular flexibility index (Phi) is 73.7. The summed E-state index contributed by atoms with van der Waals surface area (Å²) in [6, 6.07) is 7.98. The molecule has 0 amide bonds. The predicted molar refractivity (Wildman–Crippen MR) is 437 cm³/mol. The first kappa shape index (κ1) is 107. The zero-order valence-electron chi connectivity index (χ0n) is 39.2. The number of benzene rings is 1. The van der Waals surface area contributed by atoms with Crippen LogP contribution in [0.1, 0.15) is 134 Å². The van der Waals surface area contributed by atoms with Crippen LogP contribution in [0.4, 0.5) is 0 Å². The van der Waals surface area contributed by atoms with Crippen LogP contribution in [-0.4, -0.2) is 354 Å². The van der Waals surface area contributed by atoms with Crippen LogP contribution in [0.5, 0.6) is 0 Å². The van der Waals surface area contributed by atoms with Crippen molar-refractivity contribution in [2.45, 2.75) is 147 Å². The Balaban J connectivity index is -0.000000298. The van der Waals surface area contributed by atoms with Gasteiger partial charge in [-0.05, 0) is 6.92 Å². The van der Waals surface area contributed by atoms with Crippen LogP contribution in [0, 0.1) is 6.92 Å². The minimum atomic E-state index is -1.15. The van der Waals surface area contributed by atoms with Crippen molar-refractivity contribution in [1.82, 2.24) is 0 Å². The van der Waals surface area contributed by atoms with E-state index in [1.807, 2.05) is 45.0 Å². The van der Waals surface area contributed by atoms with Crippen molar-refractivity contribution in [1.29, 1.82) is 0 Å². The van der Waals surface area contributed by atoms with Gasteiger partial charge in [-0.15, -0.1) is 0 Å². The topological polar surface area (TPSA) is 0 Å². The fraction of sp³-hybridized carbons (Fsp3) is 0.778. The smallest absolute Gasteiger partial charge is 0.0900 e. The van der Waals surface area contributed by atoms with E-state index in [4.69, 9.17) is 186 Å². The van der Waals surface area contributed by atoms with E-state index in [0.717, 1.165) is 11.0 Å². The van der Waals surface area contributed by atoms with Gasteiger partial charge in [0, 0.05) is 341 Å². The van der Waals surface area contributed by atoms with E-state index in [1.165, 1.54) is 21.2 Å². The summed E-state index contributed by atoms with van der Waals surface area (Å²) in [7, 11) is 162. The van der Waals surface area contributed by atoms with Gasteiger partial charge in [0.1, 0.15) is 0 Å². The Hall–Kier alpha value is 2.47. The van der Waals surface area contributed by atoms with Crippen molar-refractivity contribution >= 4 is 360 Å². The quantitative estimate of drug-likeness (QED) is 0.0772. The molecule has 2 rings (SSSR count). The molecule has 0 aliphatic heterocycles. The van der Waals surface area contributed by atoms with Crippen molar-refractivity contribution in [2.75, 3.05) is 0 Å². The fourth-order valence-electron chi connectivity index (χ4n) is 11.5. The Morgan fingerprint density at radius 1 is 0.338 bits per heavy atom. The average molecular weight is 936 g/mol. The number of rotatable bonds is 27. The van der Waals surface area contributed by atoms with Gasteiger partial charge in [0.25, 0.3) is 0 Å². The summed E-state index contributed by atoms with van der Waals surface area (Å²) < 4.78 is 0. The molecule has 1 aliphatic rings. The van der Waals surface area contributed by atoms with Gasteiger partial charge in [0.05, 0.1) is 13.0 Å². The molecule has 77 heavy (non-hydrogen) atoms. The number of hydrogen-bond donors (Lipinski definition) is 0. The molecule has 1 fully saturated rings. The van der Waals surface area contributed by atoms with Crippen LogP contribution in [0.15, 0.2) is 24.3 Å². The molecule has 0 unspecified atom stereocenters. The molecular formula is C27H71B50.